The van der Waals surface area contributed by atoms with Crippen LogP contribution >= 0.6 is 0 Å². The van der Waals surface area contributed by atoms with Gasteiger partial charge < -0.3 is 10.3 Å². The van der Waals surface area contributed by atoms with Gasteiger partial charge in [0.1, 0.15) is 0 Å². The Morgan fingerprint density at radius 1 is 1.19 bits per heavy atom. The van der Waals surface area contributed by atoms with E-state index in [2.05, 4.69) is 11.9 Å². The Balaban J connectivity index is 2.02. The van der Waals surface area contributed by atoms with Gasteiger partial charge in [0.05, 0.1) is 16.6 Å². The summed E-state index contributed by atoms with van der Waals surface area (Å²) in [6.07, 6.45) is -0.127. The second-order valence-corrected chi connectivity index (χ2v) is 5.95. The van der Waals surface area contributed by atoms with E-state index >= 15 is 0 Å². The lowest BCUT2D eigenvalue weighted by Gasteiger charge is -2.28. The molecule has 0 radical (unpaired) electrons. The number of imidazole rings is 1. The molecule has 0 aliphatic heterocycles. The first-order valence-corrected chi connectivity index (χ1v) is 7.21. The summed E-state index contributed by atoms with van der Waals surface area (Å²) in [7, 11) is 0. The Morgan fingerprint density at radius 3 is 2.48 bits per heavy atom. The fourth-order valence-corrected chi connectivity index (χ4v) is 3.18. The van der Waals surface area contributed by atoms with Crippen LogP contribution in [-0.4, -0.2) is 9.55 Å². The molecule has 0 atom stereocenters. The molecule has 1 aliphatic rings. The molecule has 1 saturated carbocycles. The van der Waals surface area contributed by atoms with Gasteiger partial charge in [-0.2, -0.15) is 13.2 Å². The smallest absolute Gasteiger partial charge is 0.369 e. The first-order valence-electron chi connectivity index (χ1n) is 7.21. The Kier molecular flexibility index (Phi) is 3.34. The standard InChI is InChI=1S/C15H18F3N3/c1-9-2-5-11(6-3-9)21-13-7-4-10(15(16,17)18)8-12(13)20-14(21)19/h4,7-9,11H,2-3,5-6H2,1H3,(H2,19,20). The summed E-state index contributed by atoms with van der Waals surface area (Å²) in [5.41, 5.74) is 6.28. The van der Waals surface area contributed by atoms with Crippen LogP contribution in [0.1, 0.15) is 44.2 Å². The number of nitrogens with zero attached hydrogens (tertiary/aromatic N) is 2. The molecule has 1 aromatic carbocycles. The minimum Gasteiger partial charge on any atom is -0.369 e. The molecule has 1 aromatic heterocycles. The van der Waals surface area contributed by atoms with Crippen molar-refractivity contribution in [3.05, 3.63) is 23.8 Å². The second kappa shape index (κ2) is 4.93. The average molecular weight is 297 g/mol. The number of halogens is 3. The quantitative estimate of drug-likeness (QED) is 0.848. The molecule has 1 aliphatic carbocycles. The molecule has 1 heterocycles. The summed E-state index contributed by atoms with van der Waals surface area (Å²) in [5.74, 6) is 1.01. The number of nitrogens with two attached hydrogens (primary N) is 1. The SMILES string of the molecule is CC1CCC(n2c(N)nc3cc(C(F)(F)F)ccc32)CC1. The van der Waals surface area contributed by atoms with Gasteiger partial charge in [-0.15, -0.1) is 0 Å². The van der Waals surface area contributed by atoms with Crippen LogP contribution in [-0.2, 0) is 6.18 Å². The number of alkyl halides is 3. The van der Waals surface area contributed by atoms with Crippen molar-refractivity contribution in [3.63, 3.8) is 0 Å². The summed E-state index contributed by atoms with van der Waals surface area (Å²) in [6, 6.07) is 3.90. The van der Waals surface area contributed by atoms with E-state index in [9.17, 15) is 13.2 Å². The second-order valence-electron chi connectivity index (χ2n) is 5.95. The monoisotopic (exact) mass is 297 g/mol. The topological polar surface area (TPSA) is 43.8 Å². The molecule has 2 N–H and O–H groups in total. The maximum Gasteiger partial charge on any atom is 0.416 e. The molecule has 2 aromatic rings. The molecule has 1 fully saturated rings. The van der Waals surface area contributed by atoms with E-state index in [0.29, 0.717) is 22.9 Å². The molecular formula is C15H18F3N3. The predicted molar refractivity (Wildman–Crippen MR) is 75.8 cm³/mol. The predicted octanol–water partition coefficient (Wildman–Crippen LogP) is 4.39. The first-order chi connectivity index (χ1) is 9.86. The van der Waals surface area contributed by atoms with Crippen molar-refractivity contribution < 1.29 is 13.2 Å². The fourth-order valence-electron chi connectivity index (χ4n) is 3.18. The van der Waals surface area contributed by atoms with E-state index < -0.39 is 11.7 Å². The largest absolute Gasteiger partial charge is 0.416 e. The Morgan fingerprint density at radius 2 is 1.86 bits per heavy atom. The van der Waals surface area contributed by atoms with Crippen molar-refractivity contribution >= 4 is 17.0 Å². The van der Waals surface area contributed by atoms with Crippen LogP contribution in [0.25, 0.3) is 11.0 Å². The third-order valence-electron chi connectivity index (χ3n) is 4.39. The average Bonchev–Trinajstić information content (AvgIpc) is 2.74. The van der Waals surface area contributed by atoms with Gasteiger partial charge in [-0.25, -0.2) is 4.98 Å². The maximum absolute atomic E-state index is 12.8. The van der Waals surface area contributed by atoms with Crippen LogP contribution in [0.3, 0.4) is 0 Å². The molecular weight excluding hydrogens is 279 g/mol. The summed E-state index contributed by atoms with van der Waals surface area (Å²) in [5, 5.41) is 0. The lowest BCUT2D eigenvalue weighted by Crippen LogP contribution is -2.18. The van der Waals surface area contributed by atoms with E-state index in [4.69, 9.17) is 5.73 Å². The van der Waals surface area contributed by atoms with E-state index in [-0.39, 0.29) is 6.04 Å². The maximum atomic E-state index is 12.8. The number of hydrogen-bond acceptors (Lipinski definition) is 2. The lowest BCUT2D eigenvalue weighted by atomic mass is 9.87. The Bertz CT molecular complexity index is 652. The van der Waals surface area contributed by atoms with Gasteiger partial charge >= 0.3 is 6.18 Å². The fraction of sp³-hybridized carbons (Fsp3) is 0.533. The number of benzene rings is 1. The Hall–Kier alpha value is -1.72. The molecule has 0 unspecified atom stereocenters. The number of nitrogen functional groups attached to an aromatic ring is 1. The molecule has 114 valence electrons. The molecule has 0 spiro atoms. The van der Waals surface area contributed by atoms with Gasteiger partial charge in [-0.3, -0.25) is 0 Å². The van der Waals surface area contributed by atoms with E-state index in [0.717, 1.165) is 37.8 Å². The number of aromatic nitrogens is 2. The number of fused-ring (bicyclic) bond motifs is 1. The molecule has 0 bridgehead atoms. The molecule has 6 heteroatoms. The highest BCUT2D eigenvalue weighted by atomic mass is 19.4. The molecule has 0 amide bonds. The summed E-state index contributed by atoms with van der Waals surface area (Å²) in [6.45, 7) is 2.22. The summed E-state index contributed by atoms with van der Waals surface area (Å²) in [4.78, 5) is 4.12. The van der Waals surface area contributed by atoms with Gasteiger partial charge in [-0.05, 0) is 49.8 Å². The van der Waals surface area contributed by atoms with Crippen LogP contribution in [0, 0.1) is 5.92 Å². The summed E-state index contributed by atoms with van der Waals surface area (Å²) < 4.78 is 40.2. The van der Waals surface area contributed by atoms with Crippen molar-refractivity contribution in [1.29, 1.82) is 0 Å². The number of hydrogen-bond donors (Lipinski definition) is 1. The number of rotatable bonds is 1. The highest BCUT2D eigenvalue weighted by Gasteiger charge is 2.31. The van der Waals surface area contributed by atoms with Crippen molar-refractivity contribution in [2.75, 3.05) is 5.73 Å². The van der Waals surface area contributed by atoms with E-state index in [1.807, 2.05) is 4.57 Å². The van der Waals surface area contributed by atoms with Gasteiger partial charge in [0.25, 0.3) is 0 Å². The normalized spacial score (nSPS) is 23.6. The van der Waals surface area contributed by atoms with Crippen LogP contribution in [0.15, 0.2) is 18.2 Å². The van der Waals surface area contributed by atoms with Gasteiger partial charge in [0, 0.05) is 6.04 Å². The highest BCUT2D eigenvalue weighted by molar-refractivity contribution is 5.79. The van der Waals surface area contributed by atoms with Gasteiger partial charge in [0.15, 0.2) is 0 Å². The Labute approximate surface area is 121 Å². The highest BCUT2D eigenvalue weighted by Crippen LogP contribution is 2.37. The third kappa shape index (κ3) is 2.59. The van der Waals surface area contributed by atoms with Crippen molar-refractivity contribution in [3.8, 4) is 0 Å². The van der Waals surface area contributed by atoms with Crippen LogP contribution in [0.5, 0.6) is 0 Å². The van der Waals surface area contributed by atoms with Crippen molar-refractivity contribution in [1.82, 2.24) is 9.55 Å². The first kappa shape index (κ1) is 14.2. The lowest BCUT2D eigenvalue weighted by molar-refractivity contribution is -0.137. The minimum atomic E-state index is -4.35. The van der Waals surface area contributed by atoms with E-state index in [1.54, 1.807) is 0 Å². The van der Waals surface area contributed by atoms with Crippen LogP contribution in [0.4, 0.5) is 19.1 Å². The minimum absolute atomic E-state index is 0.239. The summed E-state index contributed by atoms with van der Waals surface area (Å²) >= 11 is 0. The van der Waals surface area contributed by atoms with Gasteiger partial charge in [-0.1, -0.05) is 6.92 Å². The molecule has 0 saturated heterocycles. The van der Waals surface area contributed by atoms with E-state index in [1.165, 1.54) is 6.07 Å². The molecule has 21 heavy (non-hydrogen) atoms. The third-order valence-corrected chi connectivity index (χ3v) is 4.39. The van der Waals surface area contributed by atoms with Crippen molar-refractivity contribution in [2.24, 2.45) is 5.92 Å². The molecule has 3 rings (SSSR count). The number of anilines is 1. The zero-order valence-electron chi connectivity index (χ0n) is 11.8. The van der Waals surface area contributed by atoms with Crippen molar-refractivity contribution in [2.45, 2.75) is 44.8 Å². The van der Waals surface area contributed by atoms with Gasteiger partial charge in [0.2, 0.25) is 5.95 Å². The zero-order valence-corrected chi connectivity index (χ0v) is 11.8. The van der Waals surface area contributed by atoms with Crippen LogP contribution in [0.2, 0.25) is 0 Å². The zero-order chi connectivity index (χ0) is 15.2. The van der Waals surface area contributed by atoms with Crippen LogP contribution < -0.4 is 5.73 Å². The molecule has 3 nitrogen and oxygen atoms in total.